The van der Waals surface area contributed by atoms with E-state index in [9.17, 15) is 9.59 Å². The fraction of sp³-hybridized carbons (Fsp3) is 0.310. The molecule has 0 radical (unpaired) electrons. The number of hydrogen-bond donors (Lipinski definition) is 0. The molecule has 2 amide bonds. The molecule has 1 saturated carbocycles. The van der Waals surface area contributed by atoms with Crippen LogP contribution in [0.4, 0.5) is 5.69 Å². The first-order valence-corrected chi connectivity index (χ1v) is 12.3. The quantitative estimate of drug-likeness (QED) is 0.547. The number of amides is 2. The number of pyridine rings is 2. The van der Waals surface area contributed by atoms with Crippen LogP contribution in [-0.2, 0) is 11.2 Å². The first kappa shape index (κ1) is 21.7. The lowest BCUT2D eigenvalue weighted by Crippen LogP contribution is -2.23. The zero-order valence-electron chi connectivity index (χ0n) is 20.1. The minimum atomic E-state index is -0.0389. The Balaban J connectivity index is 1.37. The minimum absolute atomic E-state index is 0.0389. The van der Waals surface area contributed by atoms with Gasteiger partial charge in [-0.15, -0.1) is 0 Å². The summed E-state index contributed by atoms with van der Waals surface area (Å²) >= 11 is 0. The van der Waals surface area contributed by atoms with E-state index in [1.165, 1.54) is 24.0 Å². The van der Waals surface area contributed by atoms with Gasteiger partial charge in [-0.2, -0.15) is 0 Å². The maximum Gasteiger partial charge on any atom is 0.254 e. The molecular formula is C29H28N4O2. The molecule has 176 valence electrons. The minimum Gasteiger partial charge on any atom is -0.345 e. The molecule has 35 heavy (non-hydrogen) atoms. The number of nitrogens with zero attached hydrogens (tertiary/aromatic N) is 4. The third kappa shape index (κ3) is 3.93. The second-order valence-electron chi connectivity index (χ2n) is 9.93. The van der Waals surface area contributed by atoms with E-state index >= 15 is 0 Å². The Morgan fingerprint density at radius 1 is 1.00 bits per heavy atom. The van der Waals surface area contributed by atoms with Gasteiger partial charge in [-0.05, 0) is 60.6 Å². The third-order valence-corrected chi connectivity index (χ3v) is 7.25. The monoisotopic (exact) mass is 464 g/mol. The van der Waals surface area contributed by atoms with Crippen molar-refractivity contribution in [1.29, 1.82) is 0 Å². The summed E-state index contributed by atoms with van der Waals surface area (Å²) in [7, 11) is 3.53. The summed E-state index contributed by atoms with van der Waals surface area (Å²) < 4.78 is 0. The van der Waals surface area contributed by atoms with Crippen molar-refractivity contribution in [2.45, 2.75) is 32.1 Å². The van der Waals surface area contributed by atoms with Crippen LogP contribution in [0.5, 0.6) is 0 Å². The van der Waals surface area contributed by atoms with Crippen LogP contribution in [0.15, 0.2) is 60.6 Å². The van der Waals surface area contributed by atoms with Gasteiger partial charge in [0.1, 0.15) is 0 Å². The van der Waals surface area contributed by atoms with E-state index in [-0.39, 0.29) is 11.8 Å². The first-order valence-electron chi connectivity index (χ1n) is 12.3. The van der Waals surface area contributed by atoms with Crippen molar-refractivity contribution in [2.24, 2.45) is 5.92 Å². The van der Waals surface area contributed by atoms with E-state index in [0.29, 0.717) is 17.9 Å². The summed E-state index contributed by atoms with van der Waals surface area (Å²) in [5.74, 6) is 0.748. The SMILES string of the molecule is CN(C)C(=O)c1cnc2c(c1)C(c1cncc(-c3ccc(N4CCCC4=O)cc3)c1)=C(C1CC1)C2. The van der Waals surface area contributed by atoms with E-state index in [0.717, 1.165) is 53.0 Å². The van der Waals surface area contributed by atoms with Crippen LogP contribution in [0, 0.1) is 5.92 Å². The van der Waals surface area contributed by atoms with Crippen LogP contribution in [0.25, 0.3) is 16.7 Å². The van der Waals surface area contributed by atoms with Gasteiger partial charge in [0, 0.05) is 74.5 Å². The lowest BCUT2D eigenvalue weighted by Gasteiger charge is -2.16. The van der Waals surface area contributed by atoms with Crippen LogP contribution < -0.4 is 4.90 Å². The van der Waals surface area contributed by atoms with Gasteiger partial charge in [0.05, 0.1) is 11.3 Å². The molecule has 0 N–H and O–H groups in total. The molecular weight excluding hydrogens is 436 g/mol. The largest absolute Gasteiger partial charge is 0.345 e. The summed E-state index contributed by atoms with van der Waals surface area (Å²) in [6, 6.07) is 12.4. The van der Waals surface area contributed by atoms with E-state index in [1.807, 2.05) is 35.5 Å². The van der Waals surface area contributed by atoms with Crippen LogP contribution >= 0.6 is 0 Å². The standard InChI is InChI=1S/C29H28N4O2/c1-32(2)29(35)22-13-25-26(31-17-22)14-24(19-5-6-19)28(25)21-12-20(15-30-16-21)18-7-9-23(10-8-18)33-11-3-4-27(33)34/h7-10,12-13,15-17,19H,3-6,11,14H2,1-2H3. The second kappa shape index (κ2) is 8.45. The Hall–Kier alpha value is -3.80. The number of aromatic nitrogens is 2. The topological polar surface area (TPSA) is 66.4 Å². The fourth-order valence-electron chi connectivity index (χ4n) is 5.28. The predicted molar refractivity (Wildman–Crippen MR) is 136 cm³/mol. The first-order chi connectivity index (χ1) is 17.0. The van der Waals surface area contributed by atoms with E-state index < -0.39 is 0 Å². The molecule has 0 unspecified atom stereocenters. The predicted octanol–water partition coefficient (Wildman–Crippen LogP) is 4.74. The Labute approximate surface area is 205 Å². The normalized spacial score (nSPS) is 17.2. The van der Waals surface area contributed by atoms with Gasteiger partial charge >= 0.3 is 0 Å². The van der Waals surface area contributed by atoms with Crippen LogP contribution in [-0.4, -0.2) is 47.3 Å². The van der Waals surface area contributed by atoms with Gasteiger partial charge in [-0.25, -0.2) is 0 Å². The summed E-state index contributed by atoms with van der Waals surface area (Å²) in [6.07, 6.45) is 10.3. The number of carbonyl (C=O) groups excluding carboxylic acids is 2. The highest BCUT2D eigenvalue weighted by atomic mass is 16.2. The number of benzene rings is 1. The summed E-state index contributed by atoms with van der Waals surface area (Å²) in [5.41, 5.74) is 9.44. The molecule has 2 fully saturated rings. The molecule has 2 aromatic heterocycles. The Morgan fingerprint density at radius 2 is 1.77 bits per heavy atom. The zero-order valence-corrected chi connectivity index (χ0v) is 20.1. The number of anilines is 1. The third-order valence-electron chi connectivity index (χ3n) is 7.25. The van der Waals surface area contributed by atoms with Crippen molar-refractivity contribution in [3.8, 4) is 11.1 Å². The molecule has 3 heterocycles. The summed E-state index contributed by atoms with van der Waals surface area (Å²) in [4.78, 5) is 37.5. The molecule has 6 heteroatoms. The molecule has 0 bridgehead atoms. The van der Waals surface area contributed by atoms with Gasteiger partial charge in [-0.1, -0.05) is 17.7 Å². The molecule has 3 aliphatic rings. The maximum absolute atomic E-state index is 12.6. The van der Waals surface area contributed by atoms with E-state index in [4.69, 9.17) is 4.98 Å². The highest BCUT2D eigenvalue weighted by Crippen LogP contribution is 2.48. The average Bonchev–Trinajstić information content (AvgIpc) is 3.53. The van der Waals surface area contributed by atoms with Crippen LogP contribution in [0.3, 0.4) is 0 Å². The average molecular weight is 465 g/mol. The molecule has 6 rings (SSSR count). The van der Waals surface area contributed by atoms with Gasteiger partial charge in [0.15, 0.2) is 0 Å². The van der Waals surface area contributed by atoms with Crippen molar-refractivity contribution in [3.63, 3.8) is 0 Å². The second-order valence-corrected chi connectivity index (χ2v) is 9.93. The maximum atomic E-state index is 12.6. The molecule has 1 saturated heterocycles. The molecule has 3 aromatic rings. The highest BCUT2D eigenvalue weighted by Gasteiger charge is 2.35. The summed E-state index contributed by atoms with van der Waals surface area (Å²) in [6.45, 7) is 0.791. The molecule has 2 aliphatic carbocycles. The van der Waals surface area contributed by atoms with Gasteiger partial charge in [-0.3, -0.25) is 19.6 Å². The fourth-order valence-corrected chi connectivity index (χ4v) is 5.28. The number of hydrogen-bond acceptors (Lipinski definition) is 4. The summed E-state index contributed by atoms with van der Waals surface area (Å²) in [5, 5.41) is 0. The van der Waals surface area contributed by atoms with Gasteiger partial charge in [0.25, 0.3) is 5.91 Å². The lowest BCUT2D eigenvalue weighted by molar-refractivity contribution is -0.117. The highest BCUT2D eigenvalue weighted by molar-refractivity contribution is 5.97. The van der Waals surface area contributed by atoms with E-state index in [2.05, 4.69) is 23.2 Å². The number of fused-ring (bicyclic) bond motifs is 1. The van der Waals surface area contributed by atoms with Gasteiger partial charge in [0.2, 0.25) is 5.91 Å². The number of carbonyl (C=O) groups is 2. The number of allylic oxidation sites excluding steroid dienone is 1. The smallest absolute Gasteiger partial charge is 0.254 e. The van der Waals surface area contributed by atoms with Crippen molar-refractivity contribution in [3.05, 3.63) is 82.9 Å². The molecule has 6 nitrogen and oxygen atoms in total. The molecule has 1 aliphatic heterocycles. The Bertz CT molecular complexity index is 1370. The van der Waals surface area contributed by atoms with Gasteiger partial charge < -0.3 is 9.80 Å². The van der Waals surface area contributed by atoms with Crippen molar-refractivity contribution in [2.75, 3.05) is 25.5 Å². The molecule has 0 spiro atoms. The number of rotatable bonds is 5. The molecule has 1 aromatic carbocycles. The van der Waals surface area contributed by atoms with Crippen molar-refractivity contribution < 1.29 is 9.59 Å². The Morgan fingerprint density at radius 3 is 2.46 bits per heavy atom. The van der Waals surface area contributed by atoms with E-state index in [1.54, 1.807) is 25.2 Å². The zero-order chi connectivity index (χ0) is 24.1. The lowest BCUT2D eigenvalue weighted by atomic mass is 9.94. The Kier molecular flexibility index (Phi) is 5.24. The van der Waals surface area contributed by atoms with Crippen LogP contribution in [0.1, 0.15) is 52.9 Å². The van der Waals surface area contributed by atoms with Crippen molar-refractivity contribution >= 4 is 23.1 Å². The van der Waals surface area contributed by atoms with Crippen LogP contribution in [0.2, 0.25) is 0 Å². The van der Waals surface area contributed by atoms with Crippen molar-refractivity contribution in [1.82, 2.24) is 14.9 Å². The molecule has 0 atom stereocenters.